The molecule has 2 bridgehead atoms. The summed E-state index contributed by atoms with van der Waals surface area (Å²) in [5.41, 5.74) is 1.23. The zero-order chi connectivity index (χ0) is 16.1. The number of rotatable bonds is 7. The van der Waals surface area contributed by atoms with Crippen molar-refractivity contribution in [2.24, 2.45) is 5.92 Å². The summed E-state index contributed by atoms with van der Waals surface area (Å²) in [5.74, 6) is 1.66. The van der Waals surface area contributed by atoms with Crippen molar-refractivity contribution >= 4 is 5.91 Å². The van der Waals surface area contributed by atoms with Crippen molar-refractivity contribution < 1.29 is 9.53 Å². The van der Waals surface area contributed by atoms with Crippen LogP contribution in [-0.4, -0.2) is 31.1 Å². The molecule has 1 aromatic rings. The molecule has 4 nitrogen and oxygen atoms in total. The largest absolute Gasteiger partial charge is 0.494 e. The molecule has 4 heteroatoms. The highest BCUT2D eigenvalue weighted by atomic mass is 16.5. The summed E-state index contributed by atoms with van der Waals surface area (Å²) in [4.78, 5) is 12.0. The fourth-order valence-electron chi connectivity index (χ4n) is 3.80. The van der Waals surface area contributed by atoms with Crippen molar-refractivity contribution in [3.05, 3.63) is 29.8 Å². The van der Waals surface area contributed by atoms with E-state index in [0.29, 0.717) is 37.6 Å². The number of aryl methyl sites for hydroxylation is 1. The minimum atomic E-state index is 0.201. The Kier molecular flexibility index (Phi) is 5.55. The number of piperidine rings is 1. The van der Waals surface area contributed by atoms with Crippen LogP contribution in [0.1, 0.15) is 44.1 Å². The lowest BCUT2D eigenvalue weighted by molar-refractivity contribution is -0.122. The molecule has 2 saturated heterocycles. The van der Waals surface area contributed by atoms with Gasteiger partial charge >= 0.3 is 0 Å². The molecule has 0 saturated carbocycles. The first-order valence-electron chi connectivity index (χ1n) is 8.91. The van der Waals surface area contributed by atoms with Crippen LogP contribution in [0, 0.1) is 12.8 Å². The zero-order valence-electron chi connectivity index (χ0n) is 14.0. The maximum absolute atomic E-state index is 12.0. The summed E-state index contributed by atoms with van der Waals surface area (Å²) in [7, 11) is 0. The minimum Gasteiger partial charge on any atom is -0.494 e. The first-order valence-corrected chi connectivity index (χ1v) is 8.91. The highest BCUT2D eigenvalue weighted by Crippen LogP contribution is 2.32. The van der Waals surface area contributed by atoms with Gasteiger partial charge in [0.05, 0.1) is 6.61 Å². The molecule has 2 aliphatic rings. The lowest BCUT2D eigenvalue weighted by atomic mass is 9.89. The van der Waals surface area contributed by atoms with Gasteiger partial charge in [-0.1, -0.05) is 17.7 Å². The first kappa shape index (κ1) is 16.3. The molecule has 2 aliphatic heterocycles. The van der Waals surface area contributed by atoms with E-state index in [1.54, 1.807) is 0 Å². The molecule has 126 valence electrons. The van der Waals surface area contributed by atoms with Crippen LogP contribution in [0.4, 0.5) is 0 Å². The number of carbonyl (C=O) groups is 1. The second-order valence-corrected chi connectivity index (χ2v) is 7.04. The van der Waals surface area contributed by atoms with Crippen molar-refractivity contribution in [3.8, 4) is 5.75 Å². The topological polar surface area (TPSA) is 50.4 Å². The first-order chi connectivity index (χ1) is 11.2. The molecule has 1 aromatic carbocycles. The molecule has 0 radical (unpaired) electrons. The van der Waals surface area contributed by atoms with Gasteiger partial charge in [-0.3, -0.25) is 4.79 Å². The molecule has 2 atom stereocenters. The lowest BCUT2D eigenvalue weighted by Gasteiger charge is -2.28. The third-order valence-electron chi connectivity index (χ3n) is 4.98. The third-order valence-corrected chi connectivity index (χ3v) is 4.98. The van der Waals surface area contributed by atoms with E-state index < -0.39 is 0 Å². The lowest BCUT2D eigenvalue weighted by Crippen LogP contribution is -2.39. The van der Waals surface area contributed by atoms with Crippen molar-refractivity contribution in [2.75, 3.05) is 13.2 Å². The number of amides is 1. The molecule has 0 spiro atoms. The zero-order valence-corrected chi connectivity index (χ0v) is 14.0. The summed E-state index contributed by atoms with van der Waals surface area (Å²) < 4.78 is 5.67. The van der Waals surface area contributed by atoms with E-state index in [1.807, 2.05) is 24.3 Å². The Labute approximate surface area is 139 Å². The Balaban J connectivity index is 1.27. The third kappa shape index (κ3) is 4.96. The Hall–Kier alpha value is -1.55. The maximum atomic E-state index is 12.0. The van der Waals surface area contributed by atoms with Crippen LogP contribution >= 0.6 is 0 Å². The molecule has 1 amide bonds. The van der Waals surface area contributed by atoms with Crippen LogP contribution in [0.2, 0.25) is 0 Å². The average molecular weight is 316 g/mol. The summed E-state index contributed by atoms with van der Waals surface area (Å²) >= 11 is 0. The van der Waals surface area contributed by atoms with Gasteiger partial charge in [-0.25, -0.2) is 0 Å². The number of ether oxygens (including phenoxy) is 1. The maximum Gasteiger partial charge on any atom is 0.220 e. The second-order valence-electron chi connectivity index (χ2n) is 7.04. The van der Waals surface area contributed by atoms with Crippen LogP contribution in [0.5, 0.6) is 5.75 Å². The van der Waals surface area contributed by atoms with E-state index in [0.717, 1.165) is 12.2 Å². The van der Waals surface area contributed by atoms with Crippen molar-refractivity contribution in [2.45, 2.75) is 57.5 Å². The van der Waals surface area contributed by atoms with Gasteiger partial charge in [0.25, 0.3) is 0 Å². The predicted molar refractivity (Wildman–Crippen MR) is 91.6 cm³/mol. The van der Waals surface area contributed by atoms with Crippen LogP contribution in [0.3, 0.4) is 0 Å². The summed E-state index contributed by atoms with van der Waals surface area (Å²) in [6.07, 6.45) is 6.45. The molecule has 2 unspecified atom stereocenters. The van der Waals surface area contributed by atoms with Gasteiger partial charge in [0.15, 0.2) is 0 Å². The highest BCUT2D eigenvalue weighted by Gasteiger charge is 2.33. The van der Waals surface area contributed by atoms with Gasteiger partial charge in [-0.05, 0) is 57.1 Å². The van der Waals surface area contributed by atoms with Crippen LogP contribution in [0.25, 0.3) is 0 Å². The quantitative estimate of drug-likeness (QED) is 0.761. The Morgan fingerprint density at radius 1 is 1.22 bits per heavy atom. The Bertz CT molecular complexity index is 503. The van der Waals surface area contributed by atoms with E-state index in [2.05, 4.69) is 17.6 Å². The molecular weight excluding hydrogens is 288 g/mol. The van der Waals surface area contributed by atoms with Gasteiger partial charge in [0.1, 0.15) is 5.75 Å². The standard InChI is InChI=1S/C19H28N2O2/c1-14-3-7-18(8-4-14)23-10-2-9-20-19(22)13-15-11-16-5-6-17(12-15)21-16/h3-4,7-8,15-17,21H,2,5-6,9-13H2,1H3,(H,20,22). The number of fused-ring (bicyclic) bond motifs is 2. The normalized spacial score (nSPS) is 26.0. The van der Waals surface area contributed by atoms with Crippen molar-refractivity contribution in [3.63, 3.8) is 0 Å². The smallest absolute Gasteiger partial charge is 0.220 e. The predicted octanol–water partition coefficient (Wildman–Crippen LogP) is 2.80. The van der Waals surface area contributed by atoms with Crippen molar-refractivity contribution in [1.82, 2.24) is 10.6 Å². The number of benzene rings is 1. The fourth-order valence-corrected chi connectivity index (χ4v) is 3.80. The molecule has 0 aliphatic carbocycles. The van der Waals surface area contributed by atoms with Crippen LogP contribution < -0.4 is 15.4 Å². The van der Waals surface area contributed by atoms with E-state index in [1.165, 1.54) is 31.2 Å². The van der Waals surface area contributed by atoms with E-state index in [-0.39, 0.29) is 5.91 Å². The van der Waals surface area contributed by atoms with Gasteiger partial charge in [-0.15, -0.1) is 0 Å². The number of hydrogen-bond acceptors (Lipinski definition) is 3. The molecule has 2 N–H and O–H groups in total. The molecule has 2 heterocycles. The molecular formula is C19H28N2O2. The SMILES string of the molecule is Cc1ccc(OCCCNC(=O)CC2CC3CCC(C2)N3)cc1. The summed E-state index contributed by atoms with van der Waals surface area (Å²) in [6, 6.07) is 9.38. The van der Waals surface area contributed by atoms with Crippen LogP contribution in [-0.2, 0) is 4.79 Å². The highest BCUT2D eigenvalue weighted by molar-refractivity contribution is 5.76. The van der Waals surface area contributed by atoms with E-state index >= 15 is 0 Å². The molecule has 23 heavy (non-hydrogen) atoms. The van der Waals surface area contributed by atoms with E-state index in [4.69, 9.17) is 4.74 Å². The van der Waals surface area contributed by atoms with Gasteiger partial charge in [-0.2, -0.15) is 0 Å². The average Bonchev–Trinajstić information content (AvgIpc) is 2.87. The summed E-state index contributed by atoms with van der Waals surface area (Å²) in [5, 5.41) is 6.66. The Morgan fingerprint density at radius 2 is 1.91 bits per heavy atom. The van der Waals surface area contributed by atoms with Gasteiger partial charge in [0, 0.05) is 25.0 Å². The fraction of sp³-hybridized carbons (Fsp3) is 0.632. The summed E-state index contributed by atoms with van der Waals surface area (Å²) in [6.45, 7) is 3.40. The Morgan fingerprint density at radius 3 is 2.61 bits per heavy atom. The molecule has 0 aromatic heterocycles. The number of nitrogens with one attached hydrogen (secondary N) is 2. The molecule has 3 rings (SSSR count). The van der Waals surface area contributed by atoms with E-state index in [9.17, 15) is 4.79 Å². The second kappa shape index (κ2) is 7.82. The van der Waals surface area contributed by atoms with Gasteiger partial charge < -0.3 is 15.4 Å². The molecule has 2 fully saturated rings. The number of carbonyl (C=O) groups excluding carboxylic acids is 1. The number of hydrogen-bond donors (Lipinski definition) is 2. The van der Waals surface area contributed by atoms with Crippen LogP contribution in [0.15, 0.2) is 24.3 Å². The van der Waals surface area contributed by atoms with Crippen molar-refractivity contribution in [1.29, 1.82) is 0 Å². The van der Waals surface area contributed by atoms with Gasteiger partial charge in [0.2, 0.25) is 5.91 Å². The monoisotopic (exact) mass is 316 g/mol. The minimum absolute atomic E-state index is 0.201.